The zero-order chi connectivity index (χ0) is 14.8. The molecule has 1 aromatic rings. The van der Waals surface area contributed by atoms with Crippen molar-refractivity contribution in [1.29, 1.82) is 0 Å². The Labute approximate surface area is 129 Å². The van der Waals surface area contributed by atoms with Gasteiger partial charge in [-0.25, -0.2) is 0 Å². The highest BCUT2D eigenvalue weighted by atomic mass is 15.2. The molecule has 0 saturated heterocycles. The molecule has 0 bridgehead atoms. The fraction of sp³-hybridized carbons (Fsp3) is 0.684. The van der Waals surface area contributed by atoms with Crippen molar-refractivity contribution >= 4 is 0 Å². The van der Waals surface area contributed by atoms with E-state index in [9.17, 15) is 0 Å². The van der Waals surface area contributed by atoms with Gasteiger partial charge in [0, 0.05) is 24.7 Å². The van der Waals surface area contributed by atoms with Crippen LogP contribution < -0.4 is 5.32 Å². The van der Waals surface area contributed by atoms with Crippen molar-refractivity contribution in [1.82, 2.24) is 10.2 Å². The van der Waals surface area contributed by atoms with Gasteiger partial charge in [-0.3, -0.25) is 4.90 Å². The first kappa shape index (κ1) is 15.1. The molecule has 21 heavy (non-hydrogen) atoms. The number of hydrogen-bond acceptors (Lipinski definition) is 2. The molecular formula is C19H30N2. The van der Waals surface area contributed by atoms with Gasteiger partial charge in [0.2, 0.25) is 0 Å². The quantitative estimate of drug-likeness (QED) is 0.829. The molecule has 2 heteroatoms. The Hall–Kier alpha value is -0.860. The molecule has 3 rings (SSSR count). The van der Waals surface area contributed by atoms with Crippen molar-refractivity contribution < 1.29 is 0 Å². The summed E-state index contributed by atoms with van der Waals surface area (Å²) in [7, 11) is 2.13. The van der Waals surface area contributed by atoms with Crippen molar-refractivity contribution in [2.24, 2.45) is 5.92 Å². The number of rotatable bonds is 5. The molecule has 1 fully saturated rings. The minimum atomic E-state index is 0.477. The molecule has 0 aromatic heterocycles. The van der Waals surface area contributed by atoms with Gasteiger partial charge >= 0.3 is 0 Å². The number of aryl methyl sites for hydroxylation is 1. The zero-order valence-electron chi connectivity index (χ0n) is 13.8. The van der Waals surface area contributed by atoms with E-state index < -0.39 is 0 Å². The predicted octanol–water partition coefficient (Wildman–Crippen LogP) is 3.77. The first-order valence-corrected chi connectivity index (χ1v) is 8.71. The van der Waals surface area contributed by atoms with Crippen LogP contribution in [0.2, 0.25) is 0 Å². The summed E-state index contributed by atoms with van der Waals surface area (Å²) < 4.78 is 0. The highest BCUT2D eigenvalue weighted by molar-refractivity contribution is 5.32. The Bertz CT molecular complexity index is 464. The second-order valence-corrected chi connectivity index (χ2v) is 7.16. The lowest BCUT2D eigenvalue weighted by Crippen LogP contribution is -2.47. The molecule has 1 saturated carbocycles. The van der Waals surface area contributed by atoms with E-state index in [0.29, 0.717) is 18.1 Å². The molecule has 1 aromatic carbocycles. The molecule has 116 valence electrons. The van der Waals surface area contributed by atoms with Crippen molar-refractivity contribution in [2.45, 2.75) is 64.1 Å². The summed E-state index contributed by atoms with van der Waals surface area (Å²) in [5, 5.41) is 3.64. The summed E-state index contributed by atoms with van der Waals surface area (Å²) in [6.07, 6.45) is 6.74. The number of hydrogen-bond donors (Lipinski definition) is 1. The molecule has 2 aliphatic rings. The molecule has 0 spiro atoms. The predicted molar refractivity (Wildman–Crippen MR) is 89.5 cm³/mol. The lowest BCUT2D eigenvalue weighted by atomic mass is 9.94. The van der Waals surface area contributed by atoms with Gasteiger partial charge in [0.15, 0.2) is 0 Å². The third-order valence-electron chi connectivity index (χ3n) is 5.29. The highest BCUT2D eigenvalue weighted by Gasteiger charge is 2.35. The maximum absolute atomic E-state index is 3.64. The summed E-state index contributed by atoms with van der Waals surface area (Å²) in [6, 6.07) is 10.8. The molecule has 2 atom stereocenters. The third-order valence-corrected chi connectivity index (χ3v) is 5.29. The van der Waals surface area contributed by atoms with Crippen LogP contribution in [0.4, 0.5) is 0 Å². The third kappa shape index (κ3) is 3.32. The number of likely N-dealkylation sites (N-methyl/N-ethyl adjacent to an activating group) is 1. The molecule has 0 radical (unpaired) electrons. The van der Waals surface area contributed by atoms with Crippen LogP contribution in [-0.4, -0.2) is 30.6 Å². The van der Waals surface area contributed by atoms with Gasteiger partial charge in [0.05, 0.1) is 0 Å². The molecule has 0 heterocycles. The first-order valence-electron chi connectivity index (χ1n) is 8.71. The maximum Gasteiger partial charge on any atom is 0.0478 e. The summed E-state index contributed by atoms with van der Waals surface area (Å²) >= 11 is 0. The largest absolute Gasteiger partial charge is 0.312 e. The molecule has 2 aliphatic carbocycles. The van der Waals surface area contributed by atoms with Crippen molar-refractivity contribution in [3.05, 3.63) is 35.4 Å². The normalized spacial score (nSPS) is 26.0. The summed E-state index contributed by atoms with van der Waals surface area (Å²) in [4.78, 5) is 2.78. The van der Waals surface area contributed by atoms with Crippen molar-refractivity contribution in [3.8, 4) is 0 Å². The summed E-state index contributed by atoms with van der Waals surface area (Å²) in [5.41, 5.74) is 3.08. The minimum Gasteiger partial charge on any atom is -0.312 e. The maximum atomic E-state index is 3.64. The number of benzene rings is 1. The molecule has 0 amide bonds. The molecule has 2 nitrogen and oxygen atoms in total. The van der Waals surface area contributed by atoms with Crippen LogP contribution in [-0.2, 0) is 6.42 Å². The van der Waals surface area contributed by atoms with Gasteiger partial charge in [-0.1, -0.05) is 24.3 Å². The Balaban J connectivity index is 1.88. The van der Waals surface area contributed by atoms with Gasteiger partial charge in [-0.05, 0) is 70.0 Å². The number of fused-ring (bicyclic) bond motifs is 1. The van der Waals surface area contributed by atoms with E-state index in [-0.39, 0.29) is 0 Å². The van der Waals surface area contributed by atoms with Gasteiger partial charge in [-0.2, -0.15) is 0 Å². The number of nitrogens with one attached hydrogen (secondary N) is 1. The van der Waals surface area contributed by atoms with E-state index in [1.807, 2.05) is 0 Å². The minimum absolute atomic E-state index is 0.477. The van der Waals surface area contributed by atoms with E-state index in [1.165, 1.54) is 44.2 Å². The molecular weight excluding hydrogens is 256 g/mol. The summed E-state index contributed by atoms with van der Waals surface area (Å²) in [6.45, 7) is 6.03. The lowest BCUT2D eigenvalue weighted by molar-refractivity contribution is 0.110. The summed E-state index contributed by atoms with van der Waals surface area (Å²) in [5.74, 6) is 0.961. The molecule has 0 aliphatic heterocycles. The van der Waals surface area contributed by atoms with Gasteiger partial charge < -0.3 is 5.32 Å². The average molecular weight is 286 g/mol. The van der Waals surface area contributed by atoms with E-state index in [1.54, 1.807) is 5.56 Å². The van der Waals surface area contributed by atoms with E-state index in [4.69, 9.17) is 0 Å². The standard InChI is InChI=1S/C19H30N2/c1-14(2)21(13-15-11-12-15)18-10-6-8-16-7-4-5-9-17(16)19(18)20-3/h4-5,7,9,14-15,18-20H,6,8,10-13H2,1-3H3. The van der Waals surface area contributed by atoms with Crippen LogP contribution in [0.25, 0.3) is 0 Å². The van der Waals surface area contributed by atoms with Gasteiger partial charge in [-0.15, -0.1) is 0 Å². The average Bonchev–Trinajstić information content (AvgIpc) is 3.30. The van der Waals surface area contributed by atoms with E-state index in [0.717, 1.165) is 5.92 Å². The number of nitrogens with zero attached hydrogens (tertiary/aromatic N) is 1. The highest BCUT2D eigenvalue weighted by Crippen LogP contribution is 2.36. The Morgan fingerprint density at radius 3 is 2.62 bits per heavy atom. The van der Waals surface area contributed by atoms with Crippen molar-refractivity contribution in [2.75, 3.05) is 13.6 Å². The fourth-order valence-corrected chi connectivity index (χ4v) is 3.97. The topological polar surface area (TPSA) is 15.3 Å². The lowest BCUT2D eigenvalue weighted by Gasteiger charge is -2.39. The SMILES string of the molecule is CNC1c2ccccc2CCCC1N(CC1CC1)C(C)C. The second kappa shape index (κ2) is 6.50. The zero-order valence-corrected chi connectivity index (χ0v) is 13.8. The van der Waals surface area contributed by atoms with Crippen LogP contribution in [0.15, 0.2) is 24.3 Å². The van der Waals surface area contributed by atoms with E-state index >= 15 is 0 Å². The Morgan fingerprint density at radius 1 is 1.19 bits per heavy atom. The van der Waals surface area contributed by atoms with Crippen LogP contribution in [0.1, 0.15) is 56.7 Å². The van der Waals surface area contributed by atoms with Crippen LogP contribution in [0.5, 0.6) is 0 Å². The Morgan fingerprint density at radius 2 is 1.95 bits per heavy atom. The first-order chi connectivity index (χ1) is 10.2. The van der Waals surface area contributed by atoms with E-state index in [2.05, 4.69) is 55.4 Å². The van der Waals surface area contributed by atoms with Gasteiger partial charge in [0.25, 0.3) is 0 Å². The fourth-order valence-electron chi connectivity index (χ4n) is 3.97. The smallest absolute Gasteiger partial charge is 0.0478 e. The molecule has 1 N–H and O–H groups in total. The van der Waals surface area contributed by atoms with Crippen LogP contribution >= 0.6 is 0 Å². The van der Waals surface area contributed by atoms with Crippen LogP contribution in [0.3, 0.4) is 0 Å². The van der Waals surface area contributed by atoms with Crippen molar-refractivity contribution in [3.63, 3.8) is 0 Å². The Kier molecular flexibility index (Phi) is 4.66. The second-order valence-electron chi connectivity index (χ2n) is 7.16. The van der Waals surface area contributed by atoms with Crippen LogP contribution in [0, 0.1) is 5.92 Å². The van der Waals surface area contributed by atoms with Gasteiger partial charge in [0.1, 0.15) is 0 Å². The monoisotopic (exact) mass is 286 g/mol. The molecule has 2 unspecified atom stereocenters.